The number of benzene rings is 1. The van der Waals surface area contributed by atoms with Crippen LogP contribution in [0, 0.1) is 0 Å². The van der Waals surface area contributed by atoms with Crippen molar-refractivity contribution in [3.8, 4) is 11.5 Å². The van der Waals surface area contributed by atoms with Crippen LogP contribution in [0.1, 0.15) is 48.9 Å². The van der Waals surface area contributed by atoms with Gasteiger partial charge in [-0.15, -0.1) is 12.4 Å². The van der Waals surface area contributed by atoms with Crippen LogP contribution in [-0.4, -0.2) is 50.2 Å². The van der Waals surface area contributed by atoms with Gasteiger partial charge >= 0.3 is 0 Å². The number of amides is 1. The summed E-state index contributed by atoms with van der Waals surface area (Å²) in [7, 11) is 3.58. The quantitative estimate of drug-likeness (QED) is 0.866. The van der Waals surface area contributed by atoms with Crippen molar-refractivity contribution in [3.63, 3.8) is 0 Å². The zero-order valence-electron chi connectivity index (χ0n) is 15.1. The van der Waals surface area contributed by atoms with Crippen LogP contribution in [0.3, 0.4) is 0 Å². The molecule has 0 aromatic heterocycles. The van der Waals surface area contributed by atoms with E-state index in [1.807, 2.05) is 30.1 Å². The number of likely N-dealkylation sites (tertiary alicyclic amines) is 1. The van der Waals surface area contributed by atoms with Gasteiger partial charge in [-0.2, -0.15) is 0 Å². The molecule has 3 rings (SSSR count). The molecule has 1 aromatic carbocycles. The molecule has 25 heavy (non-hydrogen) atoms. The monoisotopic (exact) mass is 368 g/mol. The van der Waals surface area contributed by atoms with Crippen molar-refractivity contribution >= 4 is 18.3 Å². The maximum Gasteiger partial charge on any atom is 0.254 e. The van der Waals surface area contributed by atoms with Gasteiger partial charge in [0, 0.05) is 24.7 Å². The van der Waals surface area contributed by atoms with E-state index in [-0.39, 0.29) is 24.4 Å². The normalized spacial score (nSPS) is 20.9. The second-order valence-electron chi connectivity index (χ2n) is 6.77. The van der Waals surface area contributed by atoms with Crippen LogP contribution in [0.5, 0.6) is 11.5 Å². The predicted molar refractivity (Wildman–Crippen MR) is 101 cm³/mol. The maximum atomic E-state index is 12.8. The molecule has 2 aliphatic rings. The van der Waals surface area contributed by atoms with E-state index in [0.29, 0.717) is 17.4 Å². The molecule has 1 saturated heterocycles. The van der Waals surface area contributed by atoms with E-state index in [9.17, 15) is 4.79 Å². The lowest BCUT2D eigenvalue weighted by molar-refractivity contribution is 0.0697. The number of likely N-dealkylation sites (N-methyl/N-ethyl adjacent to an activating group) is 1. The first-order valence-corrected chi connectivity index (χ1v) is 9.02. The van der Waals surface area contributed by atoms with Gasteiger partial charge in [0.2, 0.25) is 0 Å². The van der Waals surface area contributed by atoms with Gasteiger partial charge in [0.15, 0.2) is 11.5 Å². The van der Waals surface area contributed by atoms with E-state index < -0.39 is 0 Å². The zero-order valence-corrected chi connectivity index (χ0v) is 15.9. The Labute approximate surface area is 156 Å². The molecular formula is C19H29ClN2O3. The minimum atomic E-state index is 0. The summed E-state index contributed by atoms with van der Waals surface area (Å²) in [6.07, 6.45) is 7.09. The molecule has 1 aromatic rings. The second kappa shape index (κ2) is 9.30. The maximum absolute atomic E-state index is 12.8. The molecule has 1 heterocycles. The van der Waals surface area contributed by atoms with Crippen molar-refractivity contribution in [2.24, 2.45) is 0 Å². The first-order valence-electron chi connectivity index (χ1n) is 9.02. The lowest BCUT2D eigenvalue weighted by Gasteiger charge is -2.32. The summed E-state index contributed by atoms with van der Waals surface area (Å²) < 4.78 is 11.5. The Bertz CT molecular complexity index is 576. The predicted octanol–water partition coefficient (Wildman–Crippen LogP) is 3.26. The van der Waals surface area contributed by atoms with Gasteiger partial charge in [-0.3, -0.25) is 4.79 Å². The molecule has 0 spiro atoms. The SMILES string of the molecule is CNC1CCCN(C(=O)c2ccc(OC3CCCC3)c(OC)c2)C1.Cl. The average Bonchev–Trinajstić information content (AvgIpc) is 3.14. The molecule has 5 nitrogen and oxygen atoms in total. The van der Waals surface area contributed by atoms with Gasteiger partial charge in [0.1, 0.15) is 0 Å². The minimum absolute atomic E-state index is 0. The topological polar surface area (TPSA) is 50.8 Å². The fourth-order valence-electron chi connectivity index (χ4n) is 3.66. The standard InChI is InChI=1S/C19H28N2O3.ClH/c1-20-15-6-5-11-21(13-15)19(22)14-9-10-17(18(12-14)23-2)24-16-7-3-4-8-16;/h9-10,12,15-16,20H,3-8,11,13H2,1-2H3;1H. The Morgan fingerprint density at radius 2 is 1.92 bits per heavy atom. The van der Waals surface area contributed by atoms with Crippen molar-refractivity contribution < 1.29 is 14.3 Å². The number of nitrogens with one attached hydrogen (secondary N) is 1. The molecule has 6 heteroatoms. The lowest BCUT2D eigenvalue weighted by atomic mass is 10.0. The second-order valence-corrected chi connectivity index (χ2v) is 6.77. The molecule has 0 bridgehead atoms. The van der Waals surface area contributed by atoms with Crippen LogP contribution >= 0.6 is 12.4 Å². The third kappa shape index (κ3) is 4.79. The zero-order chi connectivity index (χ0) is 16.9. The van der Waals surface area contributed by atoms with Crippen LogP contribution in [0.4, 0.5) is 0 Å². The summed E-state index contributed by atoms with van der Waals surface area (Å²) in [4.78, 5) is 14.7. The molecule has 2 fully saturated rings. The minimum Gasteiger partial charge on any atom is -0.493 e. The van der Waals surface area contributed by atoms with Gasteiger partial charge in [-0.25, -0.2) is 0 Å². The Balaban J connectivity index is 0.00000225. The molecule has 1 atom stereocenters. The Morgan fingerprint density at radius 3 is 2.60 bits per heavy atom. The molecule has 1 N–H and O–H groups in total. The summed E-state index contributed by atoms with van der Waals surface area (Å²) in [6.45, 7) is 1.58. The van der Waals surface area contributed by atoms with Crippen LogP contribution in [-0.2, 0) is 0 Å². The van der Waals surface area contributed by atoms with E-state index in [4.69, 9.17) is 9.47 Å². The van der Waals surface area contributed by atoms with Crippen LogP contribution in [0.2, 0.25) is 0 Å². The van der Waals surface area contributed by atoms with Crippen LogP contribution in [0.15, 0.2) is 18.2 Å². The molecule has 140 valence electrons. The Kier molecular flexibility index (Phi) is 7.38. The molecular weight excluding hydrogens is 340 g/mol. The highest BCUT2D eigenvalue weighted by molar-refractivity contribution is 5.95. The third-order valence-electron chi connectivity index (χ3n) is 5.12. The number of ether oxygens (including phenoxy) is 2. The molecule has 1 saturated carbocycles. The number of hydrogen-bond acceptors (Lipinski definition) is 4. The van der Waals surface area contributed by atoms with Crippen molar-refractivity contribution in [3.05, 3.63) is 23.8 Å². The van der Waals surface area contributed by atoms with Gasteiger partial charge in [0.25, 0.3) is 5.91 Å². The number of nitrogens with zero attached hydrogens (tertiary/aromatic N) is 1. The highest BCUT2D eigenvalue weighted by atomic mass is 35.5. The van der Waals surface area contributed by atoms with E-state index in [1.165, 1.54) is 12.8 Å². The molecule has 1 aliphatic heterocycles. The number of methoxy groups -OCH3 is 1. The molecule has 1 unspecified atom stereocenters. The number of halogens is 1. The molecule has 0 radical (unpaired) electrons. The summed E-state index contributed by atoms with van der Waals surface area (Å²) in [6, 6.07) is 5.94. The van der Waals surface area contributed by atoms with Crippen molar-refractivity contribution in [2.75, 3.05) is 27.2 Å². The van der Waals surface area contributed by atoms with Crippen LogP contribution in [0.25, 0.3) is 0 Å². The summed E-state index contributed by atoms with van der Waals surface area (Å²) >= 11 is 0. The number of carbonyl (C=O) groups is 1. The number of hydrogen-bond donors (Lipinski definition) is 1. The van der Waals surface area contributed by atoms with Gasteiger partial charge in [0.05, 0.1) is 13.2 Å². The van der Waals surface area contributed by atoms with Gasteiger partial charge < -0.3 is 19.7 Å². The fraction of sp³-hybridized carbons (Fsp3) is 0.632. The average molecular weight is 369 g/mol. The van der Waals surface area contributed by atoms with Crippen molar-refractivity contribution in [2.45, 2.75) is 50.7 Å². The third-order valence-corrected chi connectivity index (χ3v) is 5.12. The summed E-state index contributed by atoms with van der Waals surface area (Å²) in [5, 5.41) is 3.27. The summed E-state index contributed by atoms with van der Waals surface area (Å²) in [5.41, 5.74) is 0.669. The molecule has 1 amide bonds. The highest BCUT2D eigenvalue weighted by Crippen LogP contribution is 2.32. The summed E-state index contributed by atoms with van der Waals surface area (Å²) in [5.74, 6) is 1.46. The van der Waals surface area contributed by atoms with Gasteiger partial charge in [-0.1, -0.05) is 0 Å². The van der Waals surface area contributed by atoms with Crippen molar-refractivity contribution in [1.82, 2.24) is 10.2 Å². The van der Waals surface area contributed by atoms with E-state index >= 15 is 0 Å². The largest absolute Gasteiger partial charge is 0.493 e. The first-order chi connectivity index (χ1) is 11.7. The smallest absolute Gasteiger partial charge is 0.254 e. The fourth-order valence-corrected chi connectivity index (χ4v) is 3.66. The van der Waals surface area contributed by atoms with E-state index in [0.717, 1.165) is 44.5 Å². The number of carbonyl (C=O) groups excluding carboxylic acids is 1. The van der Waals surface area contributed by atoms with E-state index in [1.54, 1.807) is 7.11 Å². The van der Waals surface area contributed by atoms with Gasteiger partial charge in [-0.05, 0) is 63.8 Å². The number of piperidine rings is 1. The number of rotatable bonds is 5. The lowest BCUT2D eigenvalue weighted by Crippen LogP contribution is -2.46. The Hall–Kier alpha value is -1.46. The van der Waals surface area contributed by atoms with Crippen molar-refractivity contribution in [1.29, 1.82) is 0 Å². The highest BCUT2D eigenvalue weighted by Gasteiger charge is 2.25. The van der Waals surface area contributed by atoms with E-state index in [2.05, 4.69) is 5.32 Å². The Morgan fingerprint density at radius 1 is 1.16 bits per heavy atom. The van der Waals surface area contributed by atoms with Crippen LogP contribution < -0.4 is 14.8 Å². The first kappa shape index (κ1) is 19.9. The molecule has 1 aliphatic carbocycles.